The fourth-order valence-corrected chi connectivity index (χ4v) is 2.94. The molecule has 1 unspecified atom stereocenters. The number of ketones is 1. The first-order chi connectivity index (χ1) is 12.3. The second kappa shape index (κ2) is 6.22. The number of nitrogens with zero attached hydrogens (tertiary/aromatic N) is 2. The maximum absolute atomic E-state index is 11.8. The number of aromatic hydroxyl groups is 1. The SMILES string of the molecule is CC(=O)c1ccc2c(c1O)C(c1ccc([N+](=O)[O-])cc1)C(C#N)=C(N)O2. The van der Waals surface area contributed by atoms with Crippen molar-refractivity contribution >= 4 is 11.5 Å². The average molecular weight is 351 g/mol. The molecule has 3 N–H and O–H groups in total. The van der Waals surface area contributed by atoms with Gasteiger partial charge >= 0.3 is 0 Å². The second-order valence-corrected chi connectivity index (χ2v) is 5.70. The van der Waals surface area contributed by atoms with Crippen LogP contribution < -0.4 is 10.5 Å². The number of non-ortho nitro benzene ring substituents is 1. The number of nitriles is 1. The molecule has 2 aromatic carbocycles. The Labute approximate surface area is 147 Å². The van der Waals surface area contributed by atoms with E-state index >= 15 is 0 Å². The minimum absolute atomic E-state index is 0.0438. The van der Waals surface area contributed by atoms with Gasteiger partial charge in [-0.05, 0) is 24.6 Å². The van der Waals surface area contributed by atoms with E-state index in [2.05, 4.69) is 0 Å². The number of carbonyl (C=O) groups is 1. The Morgan fingerprint density at radius 1 is 1.31 bits per heavy atom. The number of phenolic OH excluding ortho intramolecular Hbond substituents is 1. The van der Waals surface area contributed by atoms with E-state index in [0.717, 1.165) is 0 Å². The quantitative estimate of drug-likeness (QED) is 0.492. The Morgan fingerprint density at radius 2 is 1.96 bits per heavy atom. The van der Waals surface area contributed by atoms with Gasteiger partial charge in [-0.15, -0.1) is 0 Å². The van der Waals surface area contributed by atoms with E-state index in [9.17, 15) is 25.3 Å². The first-order valence-corrected chi connectivity index (χ1v) is 7.54. The van der Waals surface area contributed by atoms with E-state index in [4.69, 9.17) is 10.5 Å². The van der Waals surface area contributed by atoms with Crippen molar-refractivity contribution in [2.45, 2.75) is 12.8 Å². The molecule has 1 aliphatic rings. The van der Waals surface area contributed by atoms with Crippen LogP contribution in [0.4, 0.5) is 5.69 Å². The van der Waals surface area contributed by atoms with Crippen LogP contribution in [-0.2, 0) is 0 Å². The molecule has 130 valence electrons. The zero-order chi connectivity index (χ0) is 19.0. The third-order valence-corrected chi connectivity index (χ3v) is 4.18. The molecule has 8 nitrogen and oxygen atoms in total. The summed E-state index contributed by atoms with van der Waals surface area (Å²) in [5.74, 6) is -1.39. The average Bonchev–Trinajstić information content (AvgIpc) is 2.60. The summed E-state index contributed by atoms with van der Waals surface area (Å²) < 4.78 is 5.42. The number of phenols is 1. The molecule has 0 aliphatic carbocycles. The summed E-state index contributed by atoms with van der Waals surface area (Å²) in [5, 5.41) is 31.0. The van der Waals surface area contributed by atoms with Crippen molar-refractivity contribution in [1.29, 1.82) is 5.26 Å². The van der Waals surface area contributed by atoms with Gasteiger partial charge in [0.15, 0.2) is 5.78 Å². The van der Waals surface area contributed by atoms with Crippen molar-refractivity contribution in [3.05, 3.63) is 74.7 Å². The summed E-state index contributed by atoms with van der Waals surface area (Å²) in [6.45, 7) is 1.31. The molecule has 1 atom stereocenters. The molecule has 0 radical (unpaired) electrons. The Morgan fingerprint density at radius 3 is 2.50 bits per heavy atom. The Bertz CT molecular complexity index is 1000. The van der Waals surface area contributed by atoms with Crippen LogP contribution in [0.1, 0.15) is 34.3 Å². The highest BCUT2D eigenvalue weighted by Gasteiger charge is 2.34. The summed E-state index contributed by atoms with van der Waals surface area (Å²) in [4.78, 5) is 22.1. The number of Topliss-reactive ketones (excluding diaryl/α,β-unsaturated/α-hetero) is 1. The van der Waals surface area contributed by atoms with Crippen LogP contribution in [0, 0.1) is 21.4 Å². The maximum atomic E-state index is 11.8. The number of benzene rings is 2. The van der Waals surface area contributed by atoms with Gasteiger partial charge in [0.2, 0.25) is 5.88 Å². The zero-order valence-corrected chi connectivity index (χ0v) is 13.6. The van der Waals surface area contributed by atoms with Crippen LogP contribution in [0.15, 0.2) is 47.9 Å². The van der Waals surface area contributed by atoms with Crippen molar-refractivity contribution in [2.75, 3.05) is 0 Å². The summed E-state index contributed by atoms with van der Waals surface area (Å²) in [6.07, 6.45) is 0. The van der Waals surface area contributed by atoms with E-state index in [-0.39, 0.29) is 45.6 Å². The predicted octanol–water partition coefficient (Wildman–Crippen LogP) is 2.72. The van der Waals surface area contributed by atoms with Crippen molar-refractivity contribution < 1.29 is 19.6 Å². The van der Waals surface area contributed by atoms with Crippen LogP contribution in [0.5, 0.6) is 11.5 Å². The first kappa shape index (κ1) is 17.0. The molecule has 1 aliphatic heterocycles. The van der Waals surface area contributed by atoms with Gasteiger partial charge in [-0.1, -0.05) is 12.1 Å². The van der Waals surface area contributed by atoms with E-state index in [0.29, 0.717) is 5.56 Å². The third-order valence-electron chi connectivity index (χ3n) is 4.18. The lowest BCUT2D eigenvalue weighted by atomic mass is 9.82. The van der Waals surface area contributed by atoms with Crippen LogP contribution in [0.3, 0.4) is 0 Å². The number of carbonyl (C=O) groups excluding carboxylic acids is 1. The minimum atomic E-state index is -0.816. The molecule has 0 fully saturated rings. The van der Waals surface area contributed by atoms with Crippen molar-refractivity contribution in [2.24, 2.45) is 5.73 Å². The van der Waals surface area contributed by atoms with Crippen molar-refractivity contribution in [3.8, 4) is 17.6 Å². The Balaban J connectivity index is 2.26. The van der Waals surface area contributed by atoms with Gasteiger partial charge in [0.1, 0.15) is 23.1 Å². The standard InChI is InChI=1S/C18H13N3O5/c1-9(22)12-6-7-14-16(17(12)23)15(13(8-19)18(20)26-14)10-2-4-11(5-3-10)21(24)25/h2-7,15,23H,20H2,1H3. The number of hydrogen-bond acceptors (Lipinski definition) is 7. The fraction of sp³-hybridized carbons (Fsp3) is 0.111. The molecule has 1 heterocycles. The maximum Gasteiger partial charge on any atom is 0.269 e. The Hall–Kier alpha value is -3.86. The molecular weight excluding hydrogens is 338 g/mol. The molecule has 0 aromatic heterocycles. The van der Waals surface area contributed by atoms with Gasteiger partial charge in [0.25, 0.3) is 5.69 Å². The molecule has 0 saturated heterocycles. The van der Waals surface area contributed by atoms with Gasteiger partial charge in [0, 0.05) is 12.1 Å². The highest BCUT2D eigenvalue weighted by Crippen LogP contribution is 2.47. The second-order valence-electron chi connectivity index (χ2n) is 5.70. The first-order valence-electron chi connectivity index (χ1n) is 7.54. The lowest BCUT2D eigenvalue weighted by Crippen LogP contribution is -2.21. The number of allylic oxidation sites excluding steroid dienone is 1. The normalized spacial score (nSPS) is 15.6. The number of hydrogen-bond donors (Lipinski definition) is 2. The third kappa shape index (κ3) is 2.61. The highest BCUT2D eigenvalue weighted by molar-refractivity contribution is 5.97. The lowest BCUT2D eigenvalue weighted by Gasteiger charge is -2.27. The monoisotopic (exact) mass is 351 g/mol. The highest BCUT2D eigenvalue weighted by atomic mass is 16.6. The van der Waals surface area contributed by atoms with Crippen LogP contribution in [0.25, 0.3) is 0 Å². The van der Waals surface area contributed by atoms with Crippen LogP contribution >= 0.6 is 0 Å². The number of rotatable bonds is 3. The zero-order valence-electron chi connectivity index (χ0n) is 13.6. The molecule has 0 spiro atoms. The van der Waals surface area contributed by atoms with Crippen molar-refractivity contribution in [1.82, 2.24) is 0 Å². The van der Waals surface area contributed by atoms with E-state index in [1.807, 2.05) is 6.07 Å². The molecule has 0 bridgehead atoms. The number of nitrogens with two attached hydrogens (primary N) is 1. The van der Waals surface area contributed by atoms with Gasteiger partial charge in [-0.2, -0.15) is 5.26 Å². The van der Waals surface area contributed by atoms with Gasteiger partial charge in [0.05, 0.1) is 22.0 Å². The summed E-state index contributed by atoms with van der Waals surface area (Å²) in [6, 6.07) is 10.4. The lowest BCUT2D eigenvalue weighted by molar-refractivity contribution is -0.384. The van der Waals surface area contributed by atoms with Crippen molar-refractivity contribution in [3.63, 3.8) is 0 Å². The van der Waals surface area contributed by atoms with Gasteiger partial charge in [-0.25, -0.2) is 0 Å². The van der Waals surface area contributed by atoms with Crippen LogP contribution in [0.2, 0.25) is 0 Å². The molecule has 0 saturated carbocycles. The molecule has 8 heteroatoms. The number of nitro groups is 1. The van der Waals surface area contributed by atoms with E-state index < -0.39 is 10.8 Å². The smallest absolute Gasteiger partial charge is 0.269 e. The number of nitro benzene ring substituents is 1. The van der Waals surface area contributed by atoms with Crippen LogP contribution in [-0.4, -0.2) is 15.8 Å². The number of fused-ring (bicyclic) bond motifs is 1. The molecule has 0 amide bonds. The van der Waals surface area contributed by atoms with E-state index in [1.54, 1.807) is 0 Å². The van der Waals surface area contributed by atoms with Gasteiger partial charge < -0.3 is 15.6 Å². The minimum Gasteiger partial charge on any atom is -0.507 e. The van der Waals surface area contributed by atoms with E-state index in [1.165, 1.54) is 43.3 Å². The fourth-order valence-electron chi connectivity index (χ4n) is 2.94. The Kier molecular flexibility index (Phi) is 4.06. The molecule has 2 aromatic rings. The largest absolute Gasteiger partial charge is 0.507 e. The topological polar surface area (TPSA) is 139 Å². The molecule has 26 heavy (non-hydrogen) atoms. The summed E-state index contributed by atoms with van der Waals surface area (Å²) in [7, 11) is 0. The van der Waals surface area contributed by atoms with Gasteiger partial charge in [-0.3, -0.25) is 14.9 Å². The molecular formula is C18H13N3O5. The number of ether oxygens (including phenoxy) is 1. The predicted molar refractivity (Wildman–Crippen MR) is 90.5 cm³/mol. The summed E-state index contributed by atoms with van der Waals surface area (Å²) >= 11 is 0. The molecule has 3 rings (SSSR count). The summed E-state index contributed by atoms with van der Waals surface area (Å²) in [5.41, 5.74) is 6.56.